The lowest BCUT2D eigenvalue weighted by molar-refractivity contribution is 0.313. The molecule has 2 N–H and O–H groups in total. The highest BCUT2D eigenvalue weighted by Crippen LogP contribution is 2.44. The molecule has 0 spiro atoms. The summed E-state index contributed by atoms with van der Waals surface area (Å²) in [6, 6.07) is 27.1. The number of nitrogens with zero attached hydrogens (tertiary/aromatic N) is 2. The predicted molar refractivity (Wildman–Crippen MR) is 110 cm³/mol. The maximum absolute atomic E-state index is 12.7. The number of oxime groups is 1. The van der Waals surface area contributed by atoms with Crippen LogP contribution in [0.3, 0.4) is 0 Å². The molecule has 7 heteroatoms. The normalized spacial score (nSPS) is 13.1. The van der Waals surface area contributed by atoms with Gasteiger partial charge in [-0.3, -0.25) is 4.57 Å². The molecule has 0 heterocycles. The SMILES string of the molecule is CCO[P@](=O)(NCc1ccc(-c2ccccccccc2)cc1)/C(C#N)=N/O. The molecular weight excluding hydrogens is 373 g/mol. The summed E-state index contributed by atoms with van der Waals surface area (Å²) in [4.78, 5) is 0. The number of nitriles is 1. The molecule has 0 amide bonds. The highest BCUT2D eigenvalue weighted by molar-refractivity contribution is 7.75. The van der Waals surface area contributed by atoms with Crippen molar-refractivity contribution in [3.8, 4) is 17.2 Å². The summed E-state index contributed by atoms with van der Waals surface area (Å²) < 4.78 is 17.9. The second kappa shape index (κ2) is 11.0. The predicted octanol–water partition coefficient (Wildman–Crippen LogP) is 5.11. The van der Waals surface area contributed by atoms with Crippen LogP contribution in [0.5, 0.6) is 0 Å². The van der Waals surface area contributed by atoms with E-state index < -0.39 is 13.0 Å². The van der Waals surface area contributed by atoms with Crippen molar-refractivity contribution >= 4 is 13.0 Å². The minimum Gasteiger partial charge on any atom is -0.410 e. The Bertz CT molecular complexity index is 926. The number of hydrogen-bond acceptors (Lipinski definition) is 5. The fourth-order valence-electron chi connectivity index (χ4n) is 2.41. The second-order valence-corrected chi connectivity index (χ2v) is 7.77. The molecule has 144 valence electrons. The molecule has 1 atom stereocenters. The molecule has 0 saturated heterocycles. The topological polar surface area (TPSA) is 94.7 Å². The molecule has 0 aromatic heterocycles. The third kappa shape index (κ3) is 6.04. The molecular formula is C21H22N3O3P. The quantitative estimate of drug-likeness (QED) is 0.294. The Hall–Kier alpha value is -2.97. The van der Waals surface area contributed by atoms with Crippen molar-refractivity contribution in [3.63, 3.8) is 0 Å². The minimum atomic E-state index is -3.71. The Balaban J connectivity index is 2.19. The van der Waals surface area contributed by atoms with Crippen molar-refractivity contribution in [2.24, 2.45) is 5.16 Å². The van der Waals surface area contributed by atoms with Gasteiger partial charge in [-0.25, -0.2) is 5.09 Å². The van der Waals surface area contributed by atoms with Gasteiger partial charge in [0.1, 0.15) is 6.07 Å². The van der Waals surface area contributed by atoms with Crippen LogP contribution in [-0.4, -0.2) is 17.3 Å². The number of benzene rings is 1. The van der Waals surface area contributed by atoms with Gasteiger partial charge in [-0.1, -0.05) is 84.0 Å². The van der Waals surface area contributed by atoms with Crippen molar-refractivity contribution in [2.75, 3.05) is 6.61 Å². The Labute approximate surface area is 164 Å². The fourth-order valence-corrected chi connectivity index (χ4v) is 3.78. The van der Waals surface area contributed by atoms with E-state index in [0.29, 0.717) is 0 Å². The average Bonchev–Trinajstić information content (AvgIpc) is 2.72. The monoisotopic (exact) mass is 395 g/mol. The van der Waals surface area contributed by atoms with Gasteiger partial charge < -0.3 is 9.73 Å². The Kier molecular flexibility index (Phi) is 8.38. The number of rotatable bonds is 7. The molecule has 28 heavy (non-hydrogen) atoms. The van der Waals surface area contributed by atoms with E-state index in [9.17, 15) is 4.57 Å². The smallest absolute Gasteiger partial charge is 0.332 e. The number of hydrogen-bond donors (Lipinski definition) is 2. The van der Waals surface area contributed by atoms with Crippen LogP contribution in [0, 0.1) is 11.3 Å². The lowest BCUT2D eigenvalue weighted by Crippen LogP contribution is -2.18. The van der Waals surface area contributed by atoms with Gasteiger partial charge in [0.25, 0.3) is 5.45 Å². The molecule has 6 nitrogen and oxygen atoms in total. The standard InChI is InChI=1S/C21H22N3O3P/c1-2-27-28(26,21(16-22)24-25)23-17-18-12-14-20(15-13-18)19-10-8-6-4-3-5-7-9-11-19/h3-15,25H,2,17H2,1H3,(H,23,26)/b4-3?,5-3?,6-4?,7-5?,8-6?,9-7?,10-8?,11-9?,19-10?,19-11?,24-21+/t28-/m0/s1. The summed E-state index contributed by atoms with van der Waals surface area (Å²) in [7, 11) is -3.71. The molecule has 0 bridgehead atoms. The van der Waals surface area contributed by atoms with E-state index in [1.54, 1.807) is 13.0 Å². The fraction of sp³-hybridized carbons (Fsp3) is 0.143. The molecule has 0 aliphatic heterocycles. The van der Waals surface area contributed by atoms with E-state index >= 15 is 0 Å². The van der Waals surface area contributed by atoms with E-state index in [0.717, 1.165) is 16.7 Å². The lowest BCUT2D eigenvalue weighted by atomic mass is 10.1. The Morgan fingerprint density at radius 2 is 1.57 bits per heavy atom. The zero-order chi connectivity index (χ0) is 20.2. The summed E-state index contributed by atoms with van der Waals surface area (Å²) in [5, 5.41) is 23.4. The van der Waals surface area contributed by atoms with Crippen LogP contribution in [0.15, 0.2) is 84.0 Å². The molecule has 0 saturated carbocycles. The molecule has 2 aromatic rings. The molecule has 0 aliphatic carbocycles. The third-order valence-corrected chi connectivity index (χ3v) is 5.72. The van der Waals surface area contributed by atoms with Crippen LogP contribution in [0.2, 0.25) is 0 Å². The minimum absolute atomic E-state index is 0.113. The maximum Gasteiger partial charge on any atom is 0.332 e. The first-order chi connectivity index (χ1) is 13.6. The van der Waals surface area contributed by atoms with E-state index in [1.807, 2.05) is 78.9 Å². The Morgan fingerprint density at radius 3 is 2.07 bits per heavy atom. The summed E-state index contributed by atoms with van der Waals surface area (Å²) in [6.07, 6.45) is 0. The van der Waals surface area contributed by atoms with Gasteiger partial charge in [-0.05, 0) is 23.6 Å². The van der Waals surface area contributed by atoms with E-state index in [4.69, 9.17) is 15.0 Å². The van der Waals surface area contributed by atoms with Crippen molar-refractivity contribution < 1.29 is 14.3 Å². The molecule has 0 radical (unpaired) electrons. The molecule has 0 unspecified atom stereocenters. The van der Waals surface area contributed by atoms with E-state index in [2.05, 4.69) is 10.2 Å². The zero-order valence-corrected chi connectivity index (χ0v) is 16.4. The summed E-state index contributed by atoms with van der Waals surface area (Å²) in [6.45, 7) is 1.96. The number of nitrogens with one attached hydrogen (secondary N) is 1. The first-order valence-corrected chi connectivity index (χ1v) is 10.4. The first-order valence-electron chi connectivity index (χ1n) is 8.73. The summed E-state index contributed by atoms with van der Waals surface area (Å²) in [5.41, 5.74) is 2.37. The average molecular weight is 395 g/mol. The van der Waals surface area contributed by atoms with Gasteiger partial charge in [0.15, 0.2) is 0 Å². The van der Waals surface area contributed by atoms with Gasteiger partial charge in [-0.2, -0.15) is 5.26 Å². The summed E-state index contributed by atoms with van der Waals surface area (Å²) >= 11 is 0. The van der Waals surface area contributed by atoms with Gasteiger partial charge in [0.2, 0.25) is 0 Å². The maximum atomic E-state index is 12.7. The van der Waals surface area contributed by atoms with Crippen LogP contribution in [0.1, 0.15) is 12.5 Å². The van der Waals surface area contributed by atoms with E-state index in [-0.39, 0.29) is 13.2 Å². The highest BCUT2D eigenvalue weighted by Gasteiger charge is 2.31. The van der Waals surface area contributed by atoms with Crippen molar-refractivity contribution in [1.82, 2.24) is 5.09 Å². The molecule has 0 aliphatic rings. The zero-order valence-electron chi connectivity index (χ0n) is 15.5. The van der Waals surface area contributed by atoms with Crippen molar-refractivity contribution in [1.29, 1.82) is 5.26 Å². The van der Waals surface area contributed by atoms with Gasteiger partial charge in [-0.15, -0.1) is 0 Å². The summed E-state index contributed by atoms with van der Waals surface area (Å²) in [5.74, 6) is 0. The second-order valence-electron chi connectivity index (χ2n) is 5.67. The van der Waals surface area contributed by atoms with Crippen LogP contribution < -0.4 is 5.09 Å². The molecule has 2 rings (SSSR count). The van der Waals surface area contributed by atoms with Crippen LogP contribution in [0.25, 0.3) is 11.1 Å². The van der Waals surface area contributed by atoms with Crippen LogP contribution >= 0.6 is 7.52 Å². The largest absolute Gasteiger partial charge is 0.410 e. The van der Waals surface area contributed by atoms with Gasteiger partial charge in [0.05, 0.1) is 6.61 Å². The van der Waals surface area contributed by atoms with E-state index in [1.165, 1.54) is 0 Å². The molecule has 2 aromatic carbocycles. The Morgan fingerprint density at radius 1 is 1.04 bits per heavy atom. The highest BCUT2D eigenvalue weighted by atomic mass is 31.2. The third-order valence-electron chi connectivity index (χ3n) is 3.78. The molecule has 0 fully saturated rings. The van der Waals surface area contributed by atoms with Gasteiger partial charge >= 0.3 is 7.52 Å². The van der Waals surface area contributed by atoms with Crippen molar-refractivity contribution in [3.05, 3.63) is 84.4 Å². The van der Waals surface area contributed by atoms with Crippen LogP contribution in [-0.2, 0) is 15.6 Å². The van der Waals surface area contributed by atoms with Crippen molar-refractivity contribution in [2.45, 2.75) is 13.5 Å². The van der Waals surface area contributed by atoms with Gasteiger partial charge in [0, 0.05) is 6.54 Å². The van der Waals surface area contributed by atoms with Crippen LogP contribution in [0.4, 0.5) is 0 Å². The first kappa shape index (κ1) is 21.3. The lowest BCUT2D eigenvalue weighted by Gasteiger charge is -2.16.